The normalized spacial score (nSPS) is 13.8. The Bertz CT molecular complexity index is 780. The van der Waals surface area contributed by atoms with Crippen molar-refractivity contribution >= 4 is 29.1 Å². The fraction of sp³-hybridized carbons (Fsp3) is 0.263. The van der Waals surface area contributed by atoms with E-state index in [2.05, 4.69) is 0 Å². The lowest BCUT2D eigenvalue weighted by Crippen LogP contribution is -2.44. The molecule has 5 nitrogen and oxygen atoms in total. The van der Waals surface area contributed by atoms with Gasteiger partial charge in [-0.3, -0.25) is 14.5 Å². The number of anilines is 1. The average molecular weight is 377 g/mol. The first-order valence-corrected chi connectivity index (χ1v) is 8.63. The highest BCUT2D eigenvalue weighted by atomic mass is 35.5. The van der Waals surface area contributed by atoms with Crippen LogP contribution in [-0.4, -0.2) is 36.5 Å². The van der Waals surface area contributed by atoms with Gasteiger partial charge >= 0.3 is 0 Å². The van der Waals surface area contributed by atoms with Crippen molar-refractivity contribution in [3.05, 3.63) is 59.4 Å². The molecule has 136 valence electrons. The number of benzene rings is 2. The molecule has 1 saturated heterocycles. The van der Waals surface area contributed by atoms with E-state index >= 15 is 0 Å². The maximum Gasteiger partial charge on any atom is 0.266 e. The van der Waals surface area contributed by atoms with Crippen LogP contribution in [0.15, 0.2) is 48.5 Å². The molecule has 2 amide bonds. The summed E-state index contributed by atoms with van der Waals surface area (Å²) in [5.41, 5.74) is 0.510. The minimum absolute atomic E-state index is 0.00327. The molecule has 0 unspecified atom stereocenters. The van der Waals surface area contributed by atoms with Gasteiger partial charge in [0.05, 0.1) is 0 Å². The lowest BCUT2D eigenvalue weighted by molar-refractivity contribution is -0.128. The number of hydrogen-bond acceptors (Lipinski definition) is 3. The van der Waals surface area contributed by atoms with E-state index in [9.17, 15) is 14.0 Å². The molecule has 1 aliphatic rings. The summed E-state index contributed by atoms with van der Waals surface area (Å²) in [6.07, 6.45) is 1.25. The molecule has 0 aliphatic carbocycles. The van der Waals surface area contributed by atoms with Crippen molar-refractivity contribution < 1.29 is 18.7 Å². The Kier molecular flexibility index (Phi) is 5.73. The Hall–Kier alpha value is -2.60. The monoisotopic (exact) mass is 376 g/mol. The quantitative estimate of drug-likeness (QED) is 0.775. The first-order valence-electron chi connectivity index (χ1n) is 8.25. The summed E-state index contributed by atoms with van der Waals surface area (Å²) in [5.74, 6) is -0.204. The van der Waals surface area contributed by atoms with Gasteiger partial charge in [0.15, 0.2) is 6.61 Å². The predicted octanol–water partition coefficient (Wildman–Crippen LogP) is 3.47. The van der Waals surface area contributed by atoms with E-state index in [4.69, 9.17) is 16.3 Å². The predicted molar refractivity (Wildman–Crippen MR) is 96.6 cm³/mol. The summed E-state index contributed by atoms with van der Waals surface area (Å²) in [6.45, 7) is 0.510. The SMILES string of the molecule is O=C1CCCN1CN(C(=O)COc1ccc(Cl)cc1)c1ccc(F)cc1. The standard InChI is InChI=1S/C19H18ClFN2O3/c20-14-3-9-17(10-4-14)26-12-19(25)23(13-22-11-1-2-18(22)24)16-7-5-15(21)6-8-16/h3-10H,1-2,11-13H2. The van der Waals surface area contributed by atoms with Crippen molar-refractivity contribution in [1.82, 2.24) is 4.90 Å². The Balaban J connectivity index is 1.72. The Labute approximate surface area is 155 Å². The third-order valence-electron chi connectivity index (χ3n) is 4.10. The van der Waals surface area contributed by atoms with Gasteiger partial charge in [-0.15, -0.1) is 0 Å². The summed E-state index contributed by atoms with van der Waals surface area (Å²) in [4.78, 5) is 27.7. The van der Waals surface area contributed by atoms with Gasteiger partial charge in [0.2, 0.25) is 5.91 Å². The highest BCUT2D eigenvalue weighted by Gasteiger charge is 2.26. The van der Waals surface area contributed by atoms with Crippen LogP contribution < -0.4 is 9.64 Å². The molecule has 2 aromatic rings. The van der Waals surface area contributed by atoms with Gasteiger partial charge in [-0.25, -0.2) is 4.39 Å². The fourth-order valence-electron chi connectivity index (χ4n) is 2.70. The zero-order chi connectivity index (χ0) is 18.5. The number of ether oxygens (including phenoxy) is 1. The van der Waals surface area contributed by atoms with Crippen LogP contribution in [0.5, 0.6) is 5.75 Å². The number of carbonyl (C=O) groups excluding carboxylic acids is 2. The molecule has 3 rings (SSSR count). The zero-order valence-electron chi connectivity index (χ0n) is 14.0. The van der Waals surface area contributed by atoms with E-state index in [1.54, 1.807) is 29.2 Å². The highest BCUT2D eigenvalue weighted by Crippen LogP contribution is 2.20. The molecular formula is C19H18ClFN2O3. The maximum absolute atomic E-state index is 13.2. The molecule has 26 heavy (non-hydrogen) atoms. The molecule has 1 fully saturated rings. The molecule has 0 saturated carbocycles. The number of likely N-dealkylation sites (tertiary alicyclic amines) is 1. The summed E-state index contributed by atoms with van der Waals surface area (Å²) in [7, 11) is 0. The maximum atomic E-state index is 13.2. The van der Waals surface area contributed by atoms with Crippen LogP contribution in [-0.2, 0) is 9.59 Å². The number of amides is 2. The van der Waals surface area contributed by atoms with E-state index in [-0.39, 0.29) is 25.1 Å². The van der Waals surface area contributed by atoms with E-state index in [1.165, 1.54) is 29.2 Å². The van der Waals surface area contributed by atoms with Crippen LogP contribution in [0, 0.1) is 5.82 Å². The molecule has 1 aliphatic heterocycles. The summed E-state index contributed by atoms with van der Waals surface area (Å²) in [5, 5.41) is 0.573. The molecule has 7 heteroatoms. The van der Waals surface area contributed by atoms with Gasteiger partial charge < -0.3 is 9.64 Å². The minimum atomic E-state index is -0.393. The summed E-state index contributed by atoms with van der Waals surface area (Å²) in [6, 6.07) is 12.3. The molecular weight excluding hydrogens is 359 g/mol. The number of carbonyl (C=O) groups is 2. The molecule has 2 aromatic carbocycles. The van der Waals surface area contributed by atoms with Gasteiger partial charge in [-0.05, 0) is 55.0 Å². The average Bonchev–Trinajstić information content (AvgIpc) is 3.04. The first-order chi connectivity index (χ1) is 12.5. The first kappa shape index (κ1) is 18.2. The highest BCUT2D eigenvalue weighted by molar-refractivity contribution is 6.30. The van der Waals surface area contributed by atoms with Crippen molar-refractivity contribution in [3.63, 3.8) is 0 Å². The molecule has 0 bridgehead atoms. The van der Waals surface area contributed by atoms with Gasteiger partial charge in [0.25, 0.3) is 5.91 Å². The number of nitrogens with zero attached hydrogens (tertiary/aromatic N) is 2. The van der Waals surface area contributed by atoms with Crippen molar-refractivity contribution in [2.24, 2.45) is 0 Å². The second kappa shape index (κ2) is 8.19. The van der Waals surface area contributed by atoms with E-state index in [0.717, 1.165) is 6.42 Å². The second-order valence-electron chi connectivity index (χ2n) is 5.94. The number of hydrogen-bond donors (Lipinski definition) is 0. The Morgan fingerprint density at radius 1 is 1.15 bits per heavy atom. The van der Waals surface area contributed by atoms with Crippen LogP contribution in [0.3, 0.4) is 0 Å². The molecule has 0 atom stereocenters. The lowest BCUT2D eigenvalue weighted by atomic mass is 10.3. The molecule has 0 aromatic heterocycles. The van der Waals surface area contributed by atoms with E-state index < -0.39 is 5.82 Å². The smallest absolute Gasteiger partial charge is 0.266 e. The number of halogens is 2. The molecule has 1 heterocycles. The van der Waals surface area contributed by atoms with Crippen LogP contribution in [0.25, 0.3) is 0 Å². The van der Waals surface area contributed by atoms with Crippen LogP contribution >= 0.6 is 11.6 Å². The Morgan fingerprint density at radius 3 is 2.46 bits per heavy atom. The lowest BCUT2D eigenvalue weighted by Gasteiger charge is -2.28. The van der Waals surface area contributed by atoms with Crippen molar-refractivity contribution in [2.75, 3.05) is 24.7 Å². The second-order valence-corrected chi connectivity index (χ2v) is 6.38. The summed E-state index contributed by atoms with van der Waals surface area (Å²) >= 11 is 5.83. The topological polar surface area (TPSA) is 49.9 Å². The van der Waals surface area contributed by atoms with Crippen LogP contribution in [0.1, 0.15) is 12.8 Å². The van der Waals surface area contributed by atoms with Crippen LogP contribution in [0.4, 0.5) is 10.1 Å². The third kappa shape index (κ3) is 4.52. The third-order valence-corrected chi connectivity index (χ3v) is 4.35. The Morgan fingerprint density at radius 2 is 1.85 bits per heavy atom. The van der Waals surface area contributed by atoms with Crippen LogP contribution in [0.2, 0.25) is 5.02 Å². The van der Waals surface area contributed by atoms with E-state index in [0.29, 0.717) is 29.4 Å². The molecule has 0 radical (unpaired) electrons. The number of rotatable bonds is 6. The molecule has 0 spiro atoms. The fourth-order valence-corrected chi connectivity index (χ4v) is 2.83. The van der Waals surface area contributed by atoms with Gasteiger partial charge in [0, 0.05) is 23.7 Å². The van der Waals surface area contributed by atoms with Crippen molar-refractivity contribution in [2.45, 2.75) is 12.8 Å². The van der Waals surface area contributed by atoms with Gasteiger partial charge in [-0.2, -0.15) is 0 Å². The van der Waals surface area contributed by atoms with Gasteiger partial charge in [-0.1, -0.05) is 11.6 Å². The minimum Gasteiger partial charge on any atom is -0.484 e. The van der Waals surface area contributed by atoms with Crippen molar-refractivity contribution in [1.29, 1.82) is 0 Å². The van der Waals surface area contributed by atoms with Gasteiger partial charge in [0.1, 0.15) is 18.2 Å². The largest absolute Gasteiger partial charge is 0.484 e. The van der Waals surface area contributed by atoms with E-state index in [1.807, 2.05) is 0 Å². The summed E-state index contributed by atoms with van der Waals surface area (Å²) < 4.78 is 18.7. The molecule has 0 N–H and O–H groups in total. The zero-order valence-corrected chi connectivity index (χ0v) is 14.8. The van der Waals surface area contributed by atoms with Crippen molar-refractivity contribution in [3.8, 4) is 5.75 Å².